The normalized spacial score (nSPS) is 10.8. The molecule has 1 amide bonds. The number of aromatic nitrogens is 4. The molecule has 23 heavy (non-hydrogen) atoms. The van der Waals surface area contributed by atoms with Crippen LogP contribution < -0.4 is 5.32 Å². The number of hydrogen-bond acceptors (Lipinski definition) is 5. The van der Waals surface area contributed by atoms with E-state index in [1.807, 2.05) is 23.6 Å². The second-order valence-corrected chi connectivity index (χ2v) is 5.73. The van der Waals surface area contributed by atoms with Crippen LogP contribution in [0.5, 0.6) is 0 Å². The van der Waals surface area contributed by atoms with Gasteiger partial charge in [0.25, 0.3) is 5.91 Å². The number of aromatic amines is 1. The predicted molar refractivity (Wildman–Crippen MR) is 89.4 cm³/mol. The SMILES string of the molecule is O=C(Nc1nc(-c2cccnc2)cs1)c1ccc2nc[nH]c2c1. The highest BCUT2D eigenvalue weighted by Crippen LogP contribution is 2.24. The first-order valence-electron chi connectivity index (χ1n) is 6.90. The van der Waals surface area contributed by atoms with Crippen LogP contribution in [0.15, 0.2) is 54.4 Å². The molecule has 2 N–H and O–H groups in total. The van der Waals surface area contributed by atoms with Crippen LogP contribution in [0.2, 0.25) is 0 Å². The van der Waals surface area contributed by atoms with Gasteiger partial charge >= 0.3 is 0 Å². The summed E-state index contributed by atoms with van der Waals surface area (Å²) in [4.78, 5) is 28.0. The van der Waals surface area contributed by atoms with E-state index < -0.39 is 0 Å². The summed E-state index contributed by atoms with van der Waals surface area (Å²) in [7, 11) is 0. The van der Waals surface area contributed by atoms with Crippen molar-refractivity contribution in [1.29, 1.82) is 0 Å². The van der Waals surface area contributed by atoms with Crippen LogP contribution in [0.4, 0.5) is 5.13 Å². The lowest BCUT2D eigenvalue weighted by Gasteiger charge is -2.01. The number of pyridine rings is 1. The molecule has 4 rings (SSSR count). The molecule has 0 radical (unpaired) electrons. The van der Waals surface area contributed by atoms with E-state index in [9.17, 15) is 4.79 Å². The highest BCUT2D eigenvalue weighted by molar-refractivity contribution is 7.14. The second kappa shape index (κ2) is 5.62. The number of nitrogens with zero attached hydrogens (tertiary/aromatic N) is 3. The van der Waals surface area contributed by atoms with Crippen molar-refractivity contribution in [3.8, 4) is 11.3 Å². The standard InChI is InChI=1S/C16H11N5OS/c22-15(10-3-4-12-13(6-10)19-9-18-12)21-16-20-14(8-23-16)11-2-1-5-17-7-11/h1-9H,(H,18,19)(H,20,21,22). The molecule has 112 valence electrons. The first-order valence-corrected chi connectivity index (χ1v) is 7.78. The van der Waals surface area contributed by atoms with Gasteiger partial charge in [-0.05, 0) is 30.3 Å². The quantitative estimate of drug-likeness (QED) is 0.606. The van der Waals surface area contributed by atoms with Crippen LogP contribution in [0.3, 0.4) is 0 Å². The highest BCUT2D eigenvalue weighted by Gasteiger charge is 2.11. The van der Waals surface area contributed by atoms with Crippen LogP contribution >= 0.6 is 11.3 Å². The summed E-state index contributed by atoms with van der Waals surface area (Å²) >= 11 is 1.38. The fraction of sp³-hybridized carbons (Fsp3) is 0. The van der Waals surface area contributed by atoms with Gasteiger partial charge in [0, 0.05) is 28.9 Å². The molecule has 3 heterocycles. The largest absolute Gasteiger partial charge is 0.345 e. The summed E-state index contributed by atoms with van der Waals surface area (Å²) in [6.07, 6.45) is 5.06. The van der Waals surface area contributed by atoms with Crippen molar-refractivity contribution in [1.82, 2.24) is 19.9 Å². The molecule has 7 heteroatoms. The molecular formula is C16H11N5OS. The minimum Gasteiger partial charge on any atom is -0.345 e. The third-order valence-corrected chi connectivity index (χ3v) is 4.12. The van der Waals surface area contributed by atoms with Gasteiger partial charge < -0.3 is 4.98 Å². The first kappa shape index (κ1) is 13.6. The molecule has 0 saturated heterocycles. The van der Waals surface area contributed by atoms with Crippen LogP contribution in [-0.4, -0.2) is 25.8 Å². The van der Waals surface area contributed by atoms with E-state index in [1.165, 1.54) is 11.3 Å². The monoisotopic (exact) mass is 321 g/mol. The van der Waals surface area contributed by atoms with E-state index in [0.717, 1.165) is 22.3 Å². The predicted octanol–water partition coefficient (Wildman–Crippen LogP) is 3.33. The van der Waals surface area contributed by atoms with Gasteiger partial charge in [0.2, 0.25) is 0 Å². The second-order valence-electron chi connectivity index (χ2n) is 4.87. The Kier molecular flexibility index (Phi) is 3.32. The van der Waals surface area contributed by atoms with Crippen molar-refractivity contribution in [3.05, 3.63) is 60.0 Å². The molecule has 6 nitrogen and oxygen atoms in total. The summed E-state index contributed by atoms with van der Waals surface area (Å²) in [5.74, 6) is -0.200. The zero-order valence-electron chi connectivity index (χ0n) is 11.9. The van der Waals surface area contributed by atoms with E-state index >= 15 is 0 Å². The zero-order chi connectivity index (χ0) is 15.6. The molecular weight excluding hydrogens is 310 g/mol. The number of thiazole rings is 1. The van der Waals surface area contributed by atoms with Crippen molar-refractivity contribution in [2.75, 3.05) is 5.32 Å². The van der Waals surface area contributed by atoms with Crippen LogP contribution in [-0.2, 0) is 0 Å². The number of amides is 1. The number of hydrogen-bond donors (Lipinski definition) is 2. The summed E-state index contributed by atoms with van der Waals surface area (Å²) in [5.41, 5.74) is 3.92. The van der Waals surface area contributed by atoms with Gasteiger partial charge in [-0.25, -0.2) is 9.97 Å². The smallest absolute Gasteiger partial charge is 0.257 e. The maximum atomic E-state index is 12.3. The van der Waals surface area contributed by atoms with Crippen molar-refractivity contribution < 1.29 is 4.79 Å². The van der Waals surface area contributed by atoms with E-state index in [4.69, 9.17) is 0 Å². The summed E-state index contributed by atoms with van der Waals surface area (Å²) in [6.45, 7) is 0. The Hall–Kier alpha value is -3.06. The summed E-state index contributed by atoms with van der Waals surface area (Å²) in [5, 5.41) is 5.27. The Bertz CT molecular complexity index is 976. The molecule has 0 unspecified atom stereocenters. The third-order valence-electron chi connectivity index (χ3n) is 3.36. The number of carbonyl (C=O) groups excluding carboxylic acids is 1. The molecule has 0 bridgehead atoms. The molecule has 3 aromatic heterocycles. The average molecular weight is 321 g/mol. The van der Waals surface area contributed by atoms with E-state index in [0.29, 0.717) is 10.7 Å². The molecule has 0 atom stereocenters. The van der Waals surface area contributed by atoms with Gasteiger partial charge in [0.1, 0.15) is 0 Å². The Labute approximate surface area is 135 Å². The van der Waals surface area contributed by atoms with Gasteiger partial charge in [-0.1, -0.05) is 0 Å². The summed E-state index contributed by atoms with van der Waals surface area (Å²) < 4.78 is 0. The van der Waals surface area contributed by atoms with Gasteiger partial charge in [-0.15, -0.1) is 11.3 Å². The Morgan fingerprint density at radius 3 is 3.09 bits per heavy atom. The number of rotatable bonds is 3. The fourth-order valence-corrected chi connectivity index (χ4v) is 2.94. The lowest BCUT2D eigenvalue weighted by atomic mass is 10.2. The van der Waals surface area contributed by atoms with Gasteiger partial charge in [-0.2, -0.15) is 0 Å². The van der Waals surface area contributed by atoms with Crippen molar-refractivity contribution in [3.63, 3.8) is 0 Å². The number of fused-ring (bicyclic) bond motifs is 1. The molecule has 0 aliphatic rings. The van der Waals surface area contributed by atoms with E-state index in [2.05, 4.69) is 25.3 Å². The minimum absolute atomic E-state index is 0.200. The number of anilines is 1. The first-order chi connectivity index (χ1) is 11.3. The number of nitrogens with one attached hydrogen (secondary N) is 2. The van der Waals surface area contributed by atoms with Crippen LogP contribution in [0.25, 0.3) is 22.3 Å². The van der Waals surface area contributed by atoms with Crippen LogP contribution in [0, 0.1) is 0 Å². The maximum Gasteiger partial charge on any atom is 0.257 e. The lowest BCUT2D eigenvalue weighted by molar-refractivity contribution is 0.102. The number of carbonyl (C=O) groups is 1. The molecule has 0 fully saturated rings. The highest BCUT2D eigenvalue weighted by atomic mass is 32.1. The van der Waals surface area contributed by atoms with Gasteiger partial charge in [0.05, 0.1) is 23.1 Å². The molecule has 0 aliphatic carbocycles. The fourth-order valence-electron chi connectivity index (χ4n) is 2.22. The topological polar surface area (TPSA) is 83.6 Å². The molecule has 4 aromatic rings. The van der Waals surface area contributed by atoms with E-state index in [1.54, 1.807) is 30.9 Å². The van der Waals surface area contributed by atoms with Crippen molar-refractivity contribution in [2.45, 2.75) is 0 Å². The maximum absolute atomic E-state index is 12.3. The van der Waals surface area contributed by atoms with Gasteiger partial charge in [-0.3, -0.25) is 15.1 Å². The number of imidazole rings is 1. The lowest BCUT2D eigenvalue weighted by Crippen LogP contribution is -2.11. The van der Waals surface area contributed by atoms with Crippen molar-refractivity contribution in [2.24, 2.45) is 0 Å². The molecule has 1 aromatic carbocycles. The van der Waals surface area contributed by atoms with Gasteiger partial charge in [0.15, 0.2) is 5.13 Å². The minimum atomic E-state index is -0.200. The Morgan fingerprint density at radius 1 is 1.26 bits per heavy atom. The average Bonchev–Trinajstić information content (AvgIpc) is 3.24. The molecule has 0 saturated carbocycles. The van der Waals surface area contributed by atoms with Crippen LogP contribution in [0.1, 0.15) is 10.4 Å². The molecule has 0 spiro atoms. The summed E-state index contributed by atoms with van der Waals surface area (Å²) in [6, 6.07) is 9.11. The zero-order valence-corrected chi connectivity index (χ0v) is 12.7. The third kappa shape index (κ3) is 2.69. The van der Waals surface area contributed by atoms with Crippen molar-refractivity contribution >= 4 is 33.4 Å². The Morgan fingerprint density at radius 2 is 2.22 bits per heavy atom. The van der Waals surface area contributed by atoms with E-state index in [-0.39, 0.29) is 5.91 Å². The molecule has 0 aliphatic heterocycles. The number of benzene rings is 1. The number of H-pyrrole nitrogens is 1. The Balaban J connectivity index is 1.55.